The van der Waals surface area contributed by atoms with E-state index in [9.17, 15) is 9.59 Å². The van der Waals surface area contributed by atoms with Crippen LogP contribution in [0.5, 0.6) is 0 Å². The highest BCUT2D eigenvalue weighted by Crippen LogP contribution is 2.20. The summed E-state index contributed by atoms with van der Waals surface area (Å²) >= 11 is 5.94. The molecular formula is C17H16ClN3O2. The number of amides is 2. The largest absolute Gasteiger partial charge is 0.324 e. The second-order valence-electron chi connectivity index (χ2n) is 4.80. The fourth-order valence-electron chi connectivity index (χ4n) is 1.83. The Morgan fingerprint density at radius 3 is 2.35 bits per heavy atom. The van der Waals surface area contributed by atoms with E-state index in [1.54, 1.807) is 31.2 Å². The Bertz CT molecular complexity index is 730. The summed E-state index contributed by atoms with van der Waals surface area (Å²) in [7, 11) is 0. The molecular weight excluding hydrogens is 314 g/mol. The second kappa shape index (κ2) is 8.10. The van der Waals surface area contributed by atoms with Gasteiger partial charge < -0.3 is 5.32 Å². The van der Waals surface area contributed by atoms with Crippen LogP contribution in [0.25, 0.3) is 0 Å². The molecule has 0 aliphatic carbocycles. The fourth-order valence-corrected chi connectivity index (χ4v) is 2.02. The molecule has 0 spiro atoms. The molecule has 0 atom stereocenters. The number of nitrogens with one attached hydrogen (secondary N) is 2. The molecule has 0 saturated heterocycles. The smallest absolute Gasteiger partial charge is 0.249 e. The van der Waals surface area contributed by atoms with Gasteiger partial charge in [-0.25, -0.2) is 5.43 Å². The summed E-state index contributed by atoms with van der Waals surface area (Å²) in [5.41, 5.74) is 4.39. The average Bonchev–Trinajstić information content (AvgIpc) is 2.55. The van der Waals surface area contributed by atoms with Gasteiger partial charge in [0.25, 0.3) is 0 Å². The lowest BCUT2D eigenvalue weighted by molar-refractivity contribution is -0.126. The maximum Gasteiger partial charge on any atom is 0.249 e. The third-order valence-corrected chi connectivity index (χ3v) is 3.34. The molecule has 2 aromatic rings. The first-order chi connectivity index (χ1) is 11.1. The van der Waals surface area contributed by atoms with E-state index in [0.717, 1.165) is 5.56 Å². The van der Waals surface area contributed by atoms with Crippen LogP contribution in [0.15, 0.2) is 59.7 Å². The zero-order valence-corrected chi connectivity index (χ0v) is 13.3. The van der Waals surface area contributed by atoms with Crippen LogP contribution in [0.2, 0.25) is 5.02 Å². The Morgan fingerprint density at radius 1 is 1.00 bits per heavy atom. The molecule has 5 nitrogen and oxygen atoms in total. The van der Waals surface area contributed by atoms with E-state index < -0.39 is 11.8 Å². The van der Waals surface area contributed by atoms with E-state index in [0.29, 0.717) is 16.4 Å². The highest BCUT2D eigenvalue weighted by atomic mass is 35.5. The molecule has 0 heterocycles. The van der Waals surface area contributed by atoms with Crippen molar-refractivity contribution in [2.45, 2.75) is 13.3 Å². The second-order valence-corrected chi connectivity index (χ2v) is 5.21. The van der Waals surface area contributed by atoms with Crippen LogP contribution in [-0.2, 0) is 9.59 Å². The van der Waals surface area contributed by atoms with Gasteiger partial charge in [-0.3, -0.25) is 9.59 Å². The van der Waals surface area contributed by atoms with Crippen molar-refractivity contribution in [3.63, 3.8) is 0 Å². The van der Waals surface area contributed by atoms with Gasteiger partial charge in [0, 0.05) is 0 Å². The molecule has 0 aliphatic heterocycles. The van der Waals surface area contributed by atoms with Gasteiger partial charge in [0.05, 0.1) is 16.4 Å². The van der Waals surface area contributed by atoms with Crippen molar-refractivity contribution in [1.29, 1.82) is 0 Å². The Labute approximate surface area is 139 Å². The number of nitrogens with zero attached hydrogens (tertiary/aromatic N) is 1. The minimum Gasteiger partial charge on any atom is -0.324 e. The van der Waals surface area contributed by atoms with E-state index in [1.807, 2.05) is 30.3 Å². The first-order valence-electron chi connectivity index (χ1n) is 6.99. The van der Waals surface area contributed by atoms with Crippen LogP contribution < -0.4 is 10.7 Å². The molecule has 6 heteroatoms. The van der Waals surface area contributed by atoms with Crippen molar-refractivity contribution in [1.82, 2.24) is 5.43 Å². The quantitative estimate of drug-likeness (QED) is 0.502. The van der Waals surface area contributed by atoms with Crippen molar-refractivity contribution in [3.8, 4) is 0 Å². The molecule has 2 amide bonds. The minimum absolute atomic E-state index is 0.337. The van der Waals surface area contributed by atoms with Crippen molar-refractivity contribution in [2.24, 2.45) is 5.10 Å². The molecule has 2 rings (SSSR count). The summed E-state index contributed by atoms with van der Waals surface area (Å²) < 4.78 is 0. The maximum atomic E-state index is 11.8. The third kappa shape index (κ3) is 5.23. The predicted molar refractivity (Wildman–Crippen MR) is 91.5 cm³/mol. The molecule has 0 unspecified atom stereocenters. The molecule has 0 saturated carbocycles. The molecule has 0 aromatic heterocycles. The molecule has 2 N–H and O–H groups in total. The Hall–Kier alpha value is -2.66. The van der Waals surface area contributed by atoms with Crippen molar-refractivity contribution < 1.29 is 9.59 Å². The normalized spacial score (nSPS) is 11.0. The van der Waals surface area contributed by atoms with Crippen LogP contribution in [0.4, 0.5) is 5.69 Å². The zero-order chi connectivity index (χ0) is 16.7. The highest BCUT2D eigenvalue weighted by Gasteiger charge is 2.10. The van der Waals surface area contributed by atoms with Crippen molar-refractivity contribution in [3.05, 3.63) is 65.2 Å². The summed E-state index contributed by atoms with van der Waals surface area (Å²) in [6.45, 7) is 1.78. The fraction of sp³-hybridized carbons (Fsp3) is 0.118. The monoisotopic (exact) mass is 329 g/mol. The molecule has 0 aliphatic rings. The van der Waals surface area contributed by atoms with Gasteiger partial charge in [-0.05, 0) is 24.6 Å². The highest BCUT2D eigenvalue weighted by molar-refractivity contribution is 6.33. The molecule has 118 valence electrons. The lowest BCUT2D eigenvalue weighted by Gasteiger charge is -2.06. The summed E-state index contributed by atoms with van der Waals surface area (Å²) in [4.78, 5) is 23.6. The predicted octanol–water partition coefficient (Wildman–Crippen LogP) is 3.21. The SMILES string of the molecule is C/C(=N/NC(=O)CC(=O)Nc1ccccc1Cl)c1ccccc1. The Balaban J connectivity index is 1.87. The van der Waals surface area contributed by atoms with Gasteiger partial charge in [-0.1, -0.05) is 54.1 Å². The first-order valence-corrected chi connectivity index (χ1v) is 7.37. The molecule has 23 heavy (non-hydrogen) atoms. The number of hydrogen-bond donors (Lipinski definition) is 2. The van der Waals surface area contributed by atoms with Crippen LogP contribution in [0.3, 0.4) is 0 Å². The van der Waals surface area contributed by atoms with Crippen LogP contribution >= 0.6 is 11.6 Å². The van der Waals surface area contributed by atoms with E-state index in [-0.39, 0.29) is 6.42 Å². The van der Waals surface area contributed by atoms with Gasteiger partial charge in [0.2, 0.25) is 11.8 Å². The van der Waals surface area contributed by atoms with Gasteiger partial charge >= 0.3 is 0 Å². The van der Waals surface area contributed by atoms with Crippen LogP contribution in [0, 0.1) is 0 Å². The van der Waals surface area contributed by atoms with E-state index in [2.05, 4.69) is 15.8 Å². The van der Waals surface area contributed by atoms with Crippen LogP contribution in [-0.4, -0.2) is 17.5 Å². The lowest BCUT2D eigenvalue weighted by Crippen LogP contribution is -2.25. The van der Waals surface area contributed by atoms with Crippen LogP contribution in [0.1, 0.15) is 18.9 Å². The maximum absolute atomic E-state index is 11.8. The summed E-state index contributed by atoms with van der Waals surface area (Å²) in [5, 5.41) is 6.98. The topological polar surface area (TPSA) is 70.6 Å². The van der Waals surface area contributed by atoms with E-state index >= 15 is 0 Å². The minimum atomic E-state index is -0.496. The van der Waals surface area contributed by atoms with E-state index in [4.69, 9.17) is 11.6 Å². The van der Waals surface area contributed by atoms with Crippen molar-refractivity contribution in [2.75, 3.05) is 5.32 Å². The van der Waals surface area contributed by atoms with Crippen molar-refractivity contribution >= 4 is 34.8 Å². The average molecular weight is 330 g/mol. The standard InChI is InChI=1S/C17H16ClN3O2/c1-12(13-7-3-2-4-8-13)20-21-17(23)11-16(22)19-15-10-6-5-9-14(15)18/h2-10H,11H2,1H3,(H,19,22)(H,21,23)/b20-12-. The zero-order valence-electron chi connectivity index (χ0n) is 12.5. The Morgan fingerprint density at radius 2 is 1.65 bits per heavy atom. The third-order valence-electron chi connectivity index (χ3n) is 3.01. The van der Waals surface area contributed by atoms with Gasteiger partial charge in [0.15, 0.2) is 0 Å². The van der Waals surface area contributed by atoms with Gasteiger partial charge in [0.1, 0.15) is 6.42 Å². The molecule has 0 radical (unpaired) electrons. The van der Waals surface area contributed by atoms with E-state index in [1.165, 1.54) is 0 Å². The number of anilines is 1. The summed E-state index contributed by atoms with van der Waals surface area (Å²) in [6.07, 6.45) is -0.337. The number of hydrogen-bond acceptors (Lipinski definition) is 3. The number of halogens is 1. The number of carbonyl (C=O) groups excluding carboxylic acids is 2. The molecule has 0 bridgehead atoms. The molecule has 2 aromatic carbocycles. The van der Waals surface area contributed by atoms with Gasteiger partial charge in [-0.15, -0.1) is 0 Å². The summed E-state index contributed by atoms with van der Waals surface area (Å²) in [5.74, 6) is -0.951. The number of benzene rings is 2. The lowest BCUT2D eigenvalue weighted by atomic mass is 10.1. The number of para-hydroxylation sites is 1. The number of carbonyl (C=O) groups is 2. The Kier molecular flexibility index (Phi) is 5.88. The van der Waals surface area contributed by atoms with Gasteiger partial charge in [-0.2, -0.15) is 5.10 Å². The molecule has 0 fully saturated rings. The number of rotatable bonds is 5. The first kappa shape index (κ1) is 16.7. The number of hydrazone groups is 1. The summed E-state index contributed by atoms with van der Waals surface area (Å²) in [6, 6.07) is 16.3.